The summed E-state index contributed by atoms with van der Waals surface area (Å²) in [7, 11) is 1.58. The first-order chi connectivity index (χ1) is 14.5. The van der Waals surface area contributed by atoms with Crippen LogP contribution in [0.15, 0.2) is 42.5 Å². The van der Waals surface area contributed by atoms with Crippen molar-refractivity contribution in [1.82, 2.24) is 15.5 Å². The summed E-state index contributed by atoms with van der Waals surface area (Å²) in [6.07, 6.45) is 0.575. The predicted octanol–water partition coefficient (Wildman–Crippen LogP) is 3.11. The molecule has 5 nitrogen and oxygen atoms in total. The highest BCUT2D eigenvalue weighted by atomic mass is 35.5. The second kappa shape index (κ2) is 10.8. The van der Waals surface area contributed by atoms with E-state index < -0.39 is 11.6 Å². The summed E-state index contributed by atoms with van der Waals surface area (Å²) < 4.78 is 32.0. The molecule has 2 N–H and O–H groups in total. The molecule has 2 aromatic carbocycles. The van der Waals surface area contributed by atoms with E-state index in [1.165, 1.54) is 12.1 Å². The molecule has 3 rings (SSSR count). The lowest BCUT2D eigenvalue weighted by atomic mass is 10.1. The number of methoxy groups -OCH3 is 1. The normalized spacial score (nSPS) is 19.2. The monoisotopic (exact) mass is 437 g/mol. The van der Waals surface area contributed by atoms with Crippen LogP contribution in [0, 0.1) is 11.6 Å². The summed E-state index contributed by atoms with van der Waals surface area (Å²) in [4.78, 5) is 14.8. The van der Waals surface area contributed by atoms with Crippen molar-refractivity contribution >= 4 is 17.5 Å². The van der Waals surface area contributed by atoms with Crippen molar-refractivity contribution in [3.05, 3.63) is 70.2 Å². The van der Waals surface area contributed by atoms with Gasteiger partial charge in [-0.2, -0.15) is 0 Å². The average molecular weight is 438 g/mol. The van der Waals surface area contributed by atoms with Gasteiger partial charge in [-0.15, -0.1) is 0 Å². The van der Waals surface area contributed by atoms with Crippen LogP contribution in [0.3, 0.4) is 0 Å². The number of hydrogen-bond acceptors (Lipinski definition) is 4. The number of halogens is 3. The van der Waals surface area contributed by atoms with Gasteiger partial charge in [0, 0.05) is 56.0 Å². The highest BCUT2D eigenvalue weighted by molar-refractivity contribution is 6.31. The van der Waals surface area contributed by atoms with Crippen LogP contribution in [-0.2, 0) is 22.6 Å². The van der Waals surface area contributed by atoms with E-state index in [-0.39, 0.29) is 24.5 Å². The first-order valence-corrected chi connectivity index (χ1v) is 10.3. The van der Waals surface area contributed by atoms with Crippen LogP contribution in [0.5, 0.6) is 0 Å². The number of likely N-dealkylation sites (tertiary alicyclic amines) is 1. The van der Waals surface area contributed by atoms with Crippen LogP contribution in [-0.4, -0.2) is 49.7 Å². The van der Waals surface area contributed by atoms with Gasteiger partial charge in [-0.05, 0) is 24.1 Å². The maximum atomic E-state index is 13.9. The molecule has 0 aromatic heterocycles. The molecule has 1 fully saturated rings. The minimum absolute atomic E-state index is 0.0184. The Kier molecular flexibility index (Phi) is 8.16. The summed E-state index contributed by atoms with van der Waals surface area (Å²) in [5.41, 5.74) is 1.33. The zero-order chi connectivity index (χ0) is 21.5. The van der Waals surface area contributed by atoms with Gasteiger partial charge in [0.05, 0.1) is 12.6 Å². The molecule has 2 aromatic rings. The standard InChI is InChI=1S/C22H26ClF2N3O2/c1-30-9-8-26-22(29)21-11-18(27-12-15-6-7-17(24)10-20(15)25)14-28(21)13-16-4-2-3-5-19(16)23/h2-7,10,18,21,27H,8-9,11-14H2,1H3,(H,26,29)/t18-,21-/m0/s1. The van der Waals surface area contributed by atoms with Crippen LogP contribution in [0.1, 0.15) is 17.5 Å². The molecular formula is C22H26ClF2N3O2. The summed E-state index contributed by atoms with van der Waals surface area (Å²) in [6, 6.07) is 10.7. The van der Waals surface area contributed by atoms with Crippen LogP contribution in [0.25, 0.3) is 0 Å². The molecule has 0 unspecified atom stereocenters. The molecule has 162 valence electrons. The first kappa shape index (κ1) is 22.6. The Hall–Kier alpha value is -2.06. The third kappa shape index (κ3) is 5.98. The van der Waals surface area contributed by atoms with Crippen LogP contribution >= 0.6 is 11.6 Å². The van der Waals surface area contributed by atoms with Crippen molar-refractivity contribution in [1.29, 1.82) is 0 Å². The zero-order valence-corrected chi connectivity index (χ0v) is 17.6. The van der Waals surface area contributed by atoms with E-state index in [9.17, 15) is 13.6 Å². The SMILES string of the molecule is COCCNC(=O)[C@@H]1C[C@H](NCc2ccc(F)cc2F)CN1Cc1ccccc1Cl. The van der Waals surface area contributed by atoms with Crippen molar-refractivity contribution < 1.29 is 18.3 Å². The smallest absolute Gasteiger partial charge is 0.237 e. The number of nitrogens with zero attached hydrogens (tertiary/aromatic N) is 1. The third-order valence-corrected chi connectivity index (χ3v) is 5.61. The predicted molar refractivity (Wildman–Crippen MR) is 112 cm³/mol. The van der Waals surface area contributed by atoms with Gasteiger partial charge in [0.2, 0.25) is 5.91 Å². The van der Waals surface area contributed by atoms with Crippen molar-refractivity contribution in [3.8, 4) is 0 Å². The minimum atomic E-state index is -0.601. The molecule has 0 saturated carbocycles. The number of rotatable bonds is 9. The number of hydrogen-bond donors (Lipinski definition) is 2. The molecule has 0 spiro atoms. The Morgan fingerprint density at radius 2 is 2.03 bits per heavy atom. The Labute approximate surface area is 180 Å². The van der Waals surface area contributed by atoms with Crippen molar-refractivity contribution in [2.24, 2.45) is 0 Å². The lowest BCUT2D eigenvalue weighted by molar-refractivity contribution is -0.125. The van der Waals surface area contributed by atoms with Crippen LogP contribution in [0.2, 0.25) is 5.02 Å². The van der Waals surface area contributed by atoms with Gasteiger partial charge >= 0.3 is 0 Å². The molecule has 1 saturated heterocycles. The van der Waals surface area contributed by atoms with Gasteiger partial charge in [0.15, 0.2) is 0 Å². The molecule has 0 bridgehead atoms. The van der Waals surface area contributed by atoms with Gasteiger partial charge in [-0.3, -0.25) is 9.69 Å². The third-order valence-electron chi connectivity index (χ3n) is 5.24. The van der Waals surface area contributed by atoms with Gasteiger partial charge in [-0.1, -0.05) is 35.9 Å². The van der Waals surface area contributed by atoms with Crippen molar-refractivity contribution in [2.75, 3.05) is 26.8 Å². The van der Waals surface area contributed by atoms with E-state index in [1.54, 1.807) is 7.11 Å². The molecule has 30 heavy (non-hydrogen) atoms. The Morgan fingerprint density at radius 3 is 2.77 bits per heavy atom. The topological polar surface area (TPSA) is 53.6 Å². The Bertz CT molecular complexity index is 868. The second-order valence-corrected chi connectivity index (χ2v) is 7.78. The molecule has 0 aliphatic carbocycles. The van der Waals surface area contributed by atoms with Gasteiger partial charge < -0.3 is 15.4 Å². The summed E-state index contributed by atoms with van der Waals surface area (Å²) in [6.45, 7) is 2.27. The zero-order valence-electron chi connectivity index (χ0n) is 16.8. The highest BCUT2D eigenvalue weighted by Crippen LogP contribution is 2.24. The molecular weight excluding hydrogens is 412 g/mol. The minimum Gasteiger partial charge on any atom is -0.383 e. The summed E-state index contributed by atoms with van der Waals surface area (Å²) in [5, 5.41) is 6.85. The largest absolute Gasteiger partial charge is 0.383 e. The fourth-order valence-corrected chi connectivity index (χ4v) is 3.85. The maximum absolute atomic E-state index is 13.9. The van der Waals surface area contributed by atoms with E-state index >= 15 is 0 Å². The first-order valence-electron chi connectivity index (χ1n) is 9.89. The molecule has 1 aliphatic rings. The fourth-order valence-electron chi connectivity index (χ4n) is 3.66. The van der Waals surface area contributed by atoms with Crippen molar-refractivity contribution in [3.63, 3.8) is 0 Å². The molecule has 2 atom stereocenters. The van der Waals surface area contributed by atoms with E-state index in [0.29, 0.717) is 43.2 Å². The molecule has 1 heterocycles. The van der Waals surface area contributed by atoms with Crippen LogP contribution < -0.4 is 10.6 Å². The Morgan fingerprint density at radius 1 is 1.23 bits per heavy atom. The molecule has 1 aliphatic heterocycles. The molecule has 0 radical (unpaired) electrons. The number of nitrogens with one attached hydrogen (secondary N) is 2. The fraction of sp³-hybridized carbons (Fsp3) is 0.409. The van der Waals surface area contributed by atoms with Gasteiger partial charge in [0.25, 0.3) is 0 Å². The quantitative estimate of drug-likeness (QED) is 0.592. The molecule has 1 amide bonds. The molecule has 8 heteroatoms. The van der Waals surface area contributed by atoms with Crippen molar-refractivity contribution in [2.45, 2.75) is 31.6 Å². The lowest BCUT2D eigenvalue weighted by Crippen LogP contribution is -2.43. The highest BCUT2D eigenvalue weighted by Gasteiger charge is 2.36. The summed E-state index contributed by atoms with van der Waals surface area (Å²) >= 11 is 6.31. The summed E-state index contributed by atoms with van der Waals surface area (Å²) in [5.74, 6) is -1.26. The van der Waals surface area contributed by atoms with E-state index in [4.69, 9.17) is 16.3 Å². The van der Waals surface area contributed by atoms with E-state index in [0.717, 1.165) is 11.6 Å². The maximum Gasteiger partial charge on any atom is 0.237 e. The number of carbonyl (C=O) groups excluding carboxylic acids is 1. The lowest BCUT2D eigenvalue weighted by Gasteiger charge is -2.24. The van der Waals surface area contributed by atoms with E-state index in [2.05, 4.69) is 15.5 Å². The van der Waals surface area contributed by atoms with Crippen LogP contribution in [0.4, 0.5) is 8.78 Å². The van der Waals surface area contributed by atoms with E-state index in [1.807, 2.05) is 24.3 Å². The number of carbonyl (C=O) groups is 1. The number of ether oxygens (including phenoxy) is 1. The second-order valence-electron chi connectivity index (χ2n) is 7.37. The van der Waals surface area contributed by atoms with Gasteiger partial charge in [-0.25, -0.2) is 8.78 Å². The van der Waals surface area contributed by atoms with Gasteiger partial charge in [0.1, 0.15) is 11.6 Å². The number of amides is 1. The Balaban J connectivity index is 1.67. The average Bonchev–Trinajstić information content (AvgIpc) is 3.12. The number of benzene rings is 2.